The molecule has 0 radical (unpaired) electrons. The number of nitrogens with one attached hydrogen (secondary N) is 1. The molecule has 0 amide bonds. The lowest BCUT2D eigenvalue weighted by Crippen LogP contribution is -2.44. The van der Waals surface area contributed by atoms with Crippen LogP contribution in [0.5, 0.6) is 0 Å². The molecule has 0 saturated carbocycles. The zero-order valence-electron chi connectivity index (χ0n) is 13.6. The number of rotatable bonds is 8. The smallest absolute Gasteiger partial charge is 0.106 e. The molecule has 0 bridgehead atoms. The summed E-state index contributed by atoms with van der Waals surface area (Å²) in [6.45, 7) is 11.1. The fourth-order valence-corrected chi connectivity index (χ4v) is 2.86. The first-order valence-corrected chi connectivity index (χ1v) is 8.23. The monoisotopic (exact) mass is 280 g/mol. The lowest BCUT2D eigenvalue weighted by atomic mass is 9.91. The van der Waals surface area contributed by atoms with Gasteiger partial charge in [0.25, 0.3) is 0 Å². The number of hydrogen-bond donors (Lipinski definition) is 1. The molecule has 1 atom stereocenters. The van der Waals surface area contributed by atoms with Crippen molar-refractivity contribution in [2.75, 3.05) is 46.3 Å². The number of nitrogens with zero attached hydrogens (tertiary/aromatic N) is 3. The van der Waals surface area contributed by atoms with E-state index in [2.05, 4.69) is 42.1 Å². The van der Waals surface area contributed by atoms with E-state index < -0.39 is 0 Å². The van der Waals surface area contributed by atoms with Crippen LogP contribution in [0.1, 0.15) is 46.0 Å². The molecule has 1 N–H and O–H groups in total. The molecule has 0 aromatic carbocycles. The van der Waals surface area contributed by atoms with E-state index in [-0.39, 0.29) is 5.54 Å². The van der Waals surface area contributed by atoms with Gasteiger partial charge in [-0.3, -0.25) is 5.32 Å². The van der Waals surface area contributed by atoms with Crippen molar-refractivity contribution in [3.05, 3.63) is 0 Å². The van der Waals surface area contributed by atoms with Gasteiger partial charge in [0.05, 0.1) is 6.07 Å². The fraction of sp³-hybridized carbons (Fsp3) is 0.938. The van der Waals surface area contributed by atoms with Crippen molar-refractivity contribution in [3.63, 3.8) is 0 Å². The van der Waals surface area contributed by atoms with Crippen molar-refractivity contribution in [3.8, 4) is 6.07 Å². The van der Waals surface area contributed by atoms with Gasteiger partial charge in [-0.25, -0.2) is 0 Å². The second kappa shape index (κ2) is 9.33. The molecule has 0 aliphatic carbocycles. The van der Waals surface area contributed by atoms with Gasteiger partial charge in [0.15, 0.2) is 0 Å². The van der Waals surface area contributed by atoms with Crippen LogP contribution in [-0.2, 0) is 0 Å². The summed E-state index contributed by atoms with van der Waals surface area (Å²) >= 11 is 0. The second-order valence-electron chi connectivity index (χ2n) is 6.08. The van der Waals surface area contributed by atoms with Gasteiger partial charge in [-0.05, 0) is 65.3 Å². The van der Waals surface area contributed by atoms with Gasteiger partial charge < -0.3 is 9.80 Å². The molecule has 1 unspecified atom stereocenters. The highest BCUT2D eigenvalue weighted by Crippen LogP contribution is 2.17. The van der Waals surface area contributed by atoms with Gasteiger partial charge >= 0.3 is 0 Å². The highest BCUT2D eigenvalue weighted by Gasteiger charge is 2.26. The van der Waals surface area contributed by atoms with Crippen LogP contribution in [0.4, 0.5) is 0 Å². The molecule has 0 aromatic heterocycles. The van der Waals surface area contributed by atoms with Crippen LogP contribution in [0, 0.1) is 11.3 Å². The van der Waals surface area contributed by atoms with E-state index >= 15 is 0 Å². The minimum atomic E-state index is -0.307. The maximum absolute atomic E-state index is 9.49. The Morgan fingerprint density at radius 1 is 1.20 bits per heavy atom. The SMILES string of the molecule is CCCNC(C#N)(CC)CCCN1CCCN(C)CC1. The zero-order valence-corrected chi connectivity index (χ0v) is 13.6. The Hall–Kier alpha value is -0.630. The maximum atomic E-state index is 9.49. The Bertz CT molecular complexity index is 299. The maximum Gasteiger partial charge on any atom is 0.106 e. The van der Waals surface area contributed by atoms with Crippen LogP contribution in [0.2, 0.25) is 0 Å². The molecule has 1 aliphatic heterocycles. The summed E-state index contributed by atoms with van der Waals surface area (Å²) in [4.78, 5) is 4.97. The summed E-state index contributed by atoms with van der Waals surface area (Å²) < 4.78 is 0. The highest BCUT2D eigenvalue weighted by atomic mass is 15.2. The third-order valence-corrected chi connectivity index (χ3v) is 4.42. The van der Waals surface area contributed by atoms with Crippen molar-refractivity contribution in [1.82, 2.24) is 15.1 Å². The van der Waals surface area contributed by atoms with Crippen molar-refractivity contribution in [2.45, 2.75) is 51.5 Å². The Morgan fingerprint density at radius 3 is 2.65 bits per heavy atom. The highest BCUT2D eigenvalue weighted by molar-refractivity contribution is 5.06. The Morgan fingerprint density at radius 2 is 2.00 bits per heavy atom. The molecule has 0 aromatic rings. The summed E-state index contributed by atoms with van der Waals surface area (Å²) in [5, 5.41) is 12.9. The molecule has 1 aliphatic rings. The van der Waals surface area contributed by atoms with Crippen LogP contribution in [0.15, 0.2) is 0 Å². The first-order chi connectivity index (χ1) is 9.65. The molecular formula is C16H32N4. The molecule has 0 spiro atoms. The molecular weight excluding hydrogens is 248 g/mol. The molecule has 1 heterocycles. The van der Waals surface area contributed by atoms with Gasteiger partial charge in [-0.15, -0.1) is 0 Å². The topological polar surface area (TPSA) is 42.3 Å². The summed E-state index contributed by atoms with van der Waals surface area (Å²) in [5.74, 6) is 0. The van der Waals surface area contributed by atoms with Crippen molar-refractivity contribution < 1.29 is 0 Å². The summed E-state index contributed by atoms with van der Waals surface area (Å²) in [6.07, 6.45) is 5.32. The van der Waals surface area contributed by atoms with Crippen molar-refractivity contribution in [1.29, 1.82) is 5.26 Å². The third kappa shape index (κ3) is 5.78. The number of nitriles is 1. The fourth-order valence-electron chi connectivity index (χ4n) is 2.86. The van der Waals surface area contributed by atoms with Gasteiger partial charge in [-0.1, -0.05) is 13.8 Å². The molecule has 1 saturated heterocycles. The quantitative estimate of drug-likeness (QED) is 0.739. The normalized spacial score (nSPS) is 21.1. The Labute approximate surface area is 125 Å². The lowest BCUT2D eigenvalue weighted by molar-refractivity contribution is 0.256. The van der Waals surface area contributed by atoms with E-state index in [9.17, 15) is 5.26 Å². The van der Waals surface area contributed by atoms with E-state index in [1.54, 1.807) is 0 Å². The molecule has 20 heavy (non-hydrogen) atoms. The minimum Gasteiger partial charge on any atom is -0.305 e. The van der Waals surface area contributed by atoms with E-state index in [1.165, 1.54) is 32.6 Å². The second-order valence-corrected chi connectivity index (χ2v) is 6.08. The molecule has 4 nitrogen and oxygen atoms in total. The summed E-state index contributed by atoms with van der Waals surface area (Å²) in [5.41, 5.74) is -0.307. The lowest BCUT2D eigenvalue weighted by Gasteiger charge is -2.28. The average molecular weight is 280 g/mol. The van der Waals surface area contributed by atoms with Crippen LogP contribution >= 0.6 is 0 Å². The summed E-state index contributed by atoms with van der Waals surface area (Å²) in [6, 6.07) is 2.52. The third-order valence-electron chi connectivity index (χ3n) is 4.42. The zero-order chi connectivity index (χ0) is 14.8. The largest absolute Gasteiger partial charge is 0.305 e. The van der Waals surface area contributed by atoms with Crippen molar-refractivity contribution in [2.24, 2.45) is 0 Å². The first kappa shape index (κ1) is 17.4. The van der Waals surface area contributed by atoms with E-state index in [0.717, 1.165) is 38.8 Å². The number of hydrogen-bond acceptors (Lipinski definition) is 4. The van der Waals surface area contributed by atoms with E-state index in [0.29, 0.717) is 0 Å². The Balaban J connectivity index is 2.34. The number of likely N-dealkylation sites (N-methyl/N-ethyl adjacent to an activating group) is 1. The van der Waals surface area contributed by atoms with Crippen LogP contribution in [0.3, 0.4) is 0 Å². The van der Waals surface area contributed by atoms with Crippen LogP contribution in [0.25, 0.3) is 0 Å². The minimum absolute atomic E-state index is 0.307. The van der Waals surface area contributed by atoms with Gasteiger partial charge in [0.2, 0.25) is 0 Å². The van der Waals surface area contributed by atoms with Crippen LogP contribution in [-0.4, -0.2) is 61.7 Å². The predicted octanol–water partition coefficient (Wildman–Crippen LogP) is 2.08. The Kier molecular flexibility index (Phi) is 8.13. The molecule has 4 heteroatoms. The van der Waals surface area contributed by atoms with Gasteiger partial charge in [0.1, 0.15) is 5.54 Å². The first-order valence-electron chi connectivity index (χ1n) is 8.23. The van der Waals surface area contributed by atoms with E-state index in [1.807, 2.05) is 0 Å². The summed E-state index contributed by atoms with van der Waals surface area (Å²) in [7, 11) is 2.20. The van der Waals surface area contributed by atoms with Crippen LogP contribution < -0.4 is 5.32 Å². The van der Waals surface area contributed by atoms with Crippen molar-refractivity contribution >= 4 is 0 Å². The molecule has 116 valence electrons. The van der Waals surface area contributed by atoms with Gasteiger partial charge in [0, 0.05) is 13.1 Å². The standard InChI is InChI=1S/C16H32N4/c1-4-9-18-16(5-2,15-17)8-6-11-20-12-7-10-19(3)13-14-20/h18H,4-14H2,1-3H3. The van der Waals surface area contributed by atoms with E-state index in [4.69, 9.17) is 0 Å². The molecule has 1 fully saturated rings. The average Bonchev–Trinajstić information content (AvgIpc) is 2.68. The van der Waals surface area contributed by atoms with Gasteiger partial charge in [-0.2, -0.15) is 5.26 Å². The molecule has 1 rings (SSSR count). The predicted molar refractivity (Wildman–Crippen MR) is 84.7 cm³/mol.